The zero-order valence-electron chi connectivity index (χ0n) is 7.96. The van der Waals surface area contributed by atoms with Gasteiger partial charge >= 0.3 is 0 Å². The Labute approximate surface area is 85.3 Å². The second-order valence-corrected chi connectivity index (χ2v) is 3.74. The largest absolute Gasteiger partial charge is 0.324 e. The minimum atomic E-state index is -0.203. The monoisotopic (exact) mass is 213 g/mol. The van der Waals surface area contributed by atoms with Crippen LogP contribution in [-0.2, 0) is 4.79 Å². The summed E-state index contributed by atoms with van der Waals surface area (Å²) in [6.45, 7) is 3.06. The molecule has 0 fully saturated rings. The quantitative estimate of drug-likeness (QED) is 0.718. The molecule has 1 rings (SSSR count). The van der Waals surface area contributed by atoms with Crippen molar-refractivity contribution in [2.24, 2.45) is 5.73 Å². The van der Waals surface area contributed by atoms with E-state index >= 15 is 0 Å². The van der Waals surface area contributed by atoms with Crippen molar-refractivity contribution < 1.29 is 9.59 Å². The van der Waals surface area contributed by atoms with E-state index in [2.05, 4.69) is 10.3 Å². The molecule has 0 atom stereocenters. The first-order valence-electron chi connectivity index (χ1n) is 4.03. The van der Waals surface area contributed by atoms with E-state index in [1.165, 1.54) is 6.92 Å². The SMILES string of the molecule is CC(=O)Nc1nc(C)c(C(=O)CN)s1. The molecule has 5 nitrogen and oxygen atoms in total. The van der Waals surface area contributed by atoms with E-state index in [0.717, 1.165) is 11.3 Å². The molecule has 0 spiro atoms. The normalized spacial score (nSPS) is 9.93. The zero-order chi connectivity index (χ0) is 10.7. The Kier molecular flexibility index (Phi) is 3.32. The van der Waals surface area contributed by atoms with Gasteiger partial charge in [-0.2, -0.15) is 0 Å². The van der Waals surface area contributed by atoms with Crippen LogP contribution in [0.3, 0.4) is 0 Å². The maximum atomic E-state index is 11.3. The molecular weight excluding hydrogens is 202 g/mol. The van der Waals surface area contributed by atoms with Gasteiger partial charge in [0.2, 0.25) is 5.91 Å². The number of nitrogens with one attached hydrogen (secondary N) is 1. The van der Waals surface area contributed by atoms with Crippen LogP contribution in [-0.4, -0.2) is 23.2 Å². The van der Waals surface area contributed by atoms with Crippen molar-refractivity contribution in [3.63, 3.8) is 0 Å². The summed E-state index contributed by atoms with van der Waals surface area (Å²) >= 11 is 1.15. The van der Waals surface area contributed by atoms with Crippen LogP contribution in [0.25, 0.3) is 0 Å². The van der Waals surface area contributed by atoms with E-state index in [-0.39, 0.29) is 18.2 Å². The van der Waals surface area contributed by atoms with Gasteiger partial charge in [-0.3, -0.25) is 9.59 Å². The molecule has 0 aliphatic rings. The summed E-state index contributed by atoms with van der Waals surface area (Å²) in [5.41, 5.74) is 5.83. The second-order valence-electron chi connectivity index (χ2n) is 2.74. The number of hydrogen-bond donors (Lipinski definition) is 2. The van der Waals surface area contributed by atoms with Gasteiger partial charge in [0.15, 0.2) is 10.9 Å². The summed E-state index contributed by atoms with van der Waals surface area (Å²) in [5.74, 6) is -0.359. The number of hydrogen-bond acceptors (Lipinski definition) is 5. The average molecular weight is 213 g/mol. The summed E-state index contributed by atoms with van der Waals surface area (Å²) in [6.07, 6.45) is 0. The Morgan fingerprint density at radius 2 is 2.21 bits per heavy atom. The van der Waals surface area contributed by atoms with Crippen LogP contribution in [0.2, 0.25) is 0 Å². The third-order valence-corrected chi connectivity index (χ3v) is 2.63. The van der Waals surface area contributed by atoms with E-state index in [4.69, 9.17) is 5.73 Å². The lowest BCUT2D eigenvalue weighted by Crippen LogP contribution is -2.13. The summed E-state index contributed by atoms with van der Waals surface area (Å²) in [5, 5.41) is 2.96. The lowest BCUT2D eigenvalue weighted by molar-refractivity contribution is -0.114. The topological polar surface area (TPSA) is 85.1 Å². The van der Waals surface area contributed by atoms with E-state index in [9.17, 15) is 9.59 Å². The molecule has 1 aromatic heterocycles. The Balaban J connectivity index is 2.93. The van der Waals surface area contributed by atoms with Crippen LogP contribution < -0.4 is 11.1 Å². The second kappa shape index (κ2) is 4.30. The molecule has 0 unspecified atom stereocenters. The van der Waals surface area contributed by atoms with Gasteiger partial charge in [-0.05, 0) is 6.92 Å². The van der Waals surface area contributed by atoms with Gasteiger partial charge in [0.05, 0.1) is 17.1 Å². The van der Waals surface area contributed by atoms with Gasteiger partial charge in [-0.25, -0.2) is 4.98 Å². The van der Waals surface area contributed by atoms with Crippen LogP contribution in [0.5, 0.6) is 0 Å². The molecule has 0 radical (unpaired) electrons. The average Bonchev–Trinajstić information content (AvgIpc) is 2.44. The molecule has 14 heavy (non-hydrogen) atoms. The van der Waals surface area contributed by atoms with Crippen molar-refractivity contribution in [3.8, 4) is 0 Å². The fraction of sp³-hybridized carbons (Fsp3) is 0.375. The molecule has 1 heterocycles. The van der Waals surface area contributed by atoms with Crippen LogP contribution in [0, 0.1) is 6.92 Å². The van der Waals surface area contributed by atoms with Crippen LogP contribution in [0.1, 0.15) is 22.3 Å². The first kappa shape index (κ1) is 10.8. The number of anilines is 1. The maximum absolute atomic E-state index is 11.3. The lowest BCUT2D eigenvalue weighted by atomic mass is 10.3. The number of ketones is 1. The van der Waals surface area contributed by atoms with Crippen molar-refractivity contribution in [3.05, 3.63) is 10.6 Å². The number of aromatic nitrogens is 1. The number of carbonyl (C=O) groups excluding carboxylic acids is 2. The van der Waals surface area contributed by atoms with Crippen molar-refractivity contribution in [1.82, 2.24) is 4.98 Å². The first-order chi connectivity index (χ1) is 6.54. The lowest BCUT2D eigenvalue weighted by Gasteiger charge is -1.92. The van der Waals surface area contributed by atoms with Gasteiger partial charge in [0.25, 0.3) is 0 Å². The summed E-state index contributed by atoms with van der Waals surface area (Å²) in [6, 6.07) is 0. The molecular formula is C8H11N3O2S. The number of aryl methyl sites for hydroxylation is 1. The number of nitrogens with zero attached hydrogens (tertiary/aromatic N) is 1. The van der Waals surface area contributed by atoms with Gasteiger partial charge < -0.3 is 11.1 Å². The highest BCUT2D eigenvalue weighted by Crippen LogP contribution is 2.22. The van der Waals surface area contributed by atoms with Crippen LogP contribution >= 0.6 is 11.3 Å². The van der Waals surface area contributed by atoms with Crippen molar-refractivity contribution in [2.75, 3.05) is 11.9 Å². The Bertz CT molecular complexity index is 373. The van der Waals surface area contributed by atoms with Gasteiger partial charge in [-0.1, -0.05) is 11.3 Å². The van der Waals surface area contributed by atoms with Crippen molar-refractivity contribution in [2.45, 2.75) is 13.8 Å². The number of rotatable bonds is 3. The summed E-state index contributed by atoms with van der Waals surface area (Å²) in [7, 11) is 0. The Morgan fingerprint density at radius 1 is 1.57 bits per heavy atom. The standard InChI is InChI=1S/C8H11N3O2S/c1-4-7(6(13)3-9)14-8(10-4)11-5(2)12/h3,9H2,1-2H3,(H,10,11,12). The molecule has 0 aromatic carbocycles. The highest BCUT2D eigenvalue weighted by molar-refractivity contribution is 7.17. The van der Waals surface area contributed by atoms with E-state index in [0.29, 0.717) is 15.7 Å². The predicted octanol–water partition coefficient (Wildman–Crippen LogP) is 0.551. The summed E-state index contributed by atoms with van der Waals surface area (Å²) < 4.78 is 0. The predicted molar refractivity (Wildman–Crippen MR) is 54.5 cm³/mol. The molecule has 1 amide bonds. The fourth-order valence-electron chi connectivity index (χ4n) is 0.952. The molecule has 76 valence electrons. The number of nitrogens with two attached hydrogens (primary N) is 1. The summed E-state index contributed by atoms with van der Waals surface area (Å²) in [4.78, 5) is 26.5. The smallest absolute Gasteiger partial charge is 0.223 e. The molecule has 3 N–H and O–H groups in total. The van der Waals surface area contributed by atoms with E-state index in [1.807, 2.05) is 0 Å². The Morgan fingerprint density at radius 3 is 2.71 bits per heavy atom. The van der Waals surface area contributed by atoms with Gasteiger partial charge in [-0.15, -0.1) is 0 Å². The molecule has 0 aliphatic heterocycles. The van der Waals surface area contributed by atoms with E-state index in [1.54, 1.807) is 6.92 Å². The maximum Gasteiger partial charge on any atom is 0.223 e. The third kappa shape index (κ3) is 2.36. The van der Waals surface area contributed by atoms with Crippen LogP contribution in [0.15, 0.2) is 0 Å². The molecule has 1 aromatic rings. The van der Waals surface area contributed by atoms with Crippen LogP contribution in [0.4, 0.5) is 5.13 Å². The molecule has 0 bridgehead atoms. The molecule has 0 saturated carbocycles. The minimum absolute atomic E-state index is 0.0391. The molecule has 0 saturated heterocycles. The molecule has 0 aliphatic carbocycles. The Hall–Kier alpha value is -1.27. The fourth-order valence-corrected chi connectivity index (χ4v) is 1.91. The molecule has 6 heteroatoms. The third-order valence-electron chi connectivity index (χ3n) is 1.52. The first-order valence-corrected chi connectivity index (χ1v) is 4.84. The van der Waals surface area contributed by atoms with E-state index < -0.39 is 0 Å². The minimum Gasteiger partial charge on any atom is -0.324 e. The number of thiazole rings is 1. The highest BCUT2D eigenvalue weighted by Gasteiger charge is 2.13. The van der Waals surface area contributed by atoms with Gasteiger partial charge in [0, 0.05) is 6.92 Å². The van der Waals surface area contributed by atoms with Crippen molar-refractivity contribution >= 4 is 28.2 Å². The zero-order valence-corrected chi connectivity index (χ0v) is 8.77. The number of Topliss-reactive ketones (excluding diaryl/α,β-unsaturated/α-hetero) is 1. The van der Waals surface area contributed by atoms with Crippen molar-refractivity contribution in [1.29, 1.82) is 0 Å². The highest BCUT2D eigenvalue weighted by atomic mass is 32.1. The number of carbonyl (C=O) groups is 2. The number of amides is 1. The van der Waals surface area contributed by atoms with Gasteiger partial charge in [0.1, 0.15) is 0 Å².